The molecule has 0 unspecified atom stereocenters. The number of rotatable bonds is 3. The lowest BCUT2D eigenvalue weighted by molar-refractivity contribution is 0.224. The lowest BCUT2D eigenvalue weighted by Gasteiger charge is -2.16. The largest absolute Gasteiger partial charge is 0.328 e. The highest BCUT2D eigenvalue weighted by molar-refractivity contribution is 5.88. The molecule has 0 atom stereocenters. The van der Waals surface area contributed by atoms with Crippen LogP contribution >= 0.6 is 0 Å². The van der Waals surface area contributed by atoms with Gasteiger partial charge in [-0.3, -0.25) is 10.00 Å². The van der Waals surface area contributed by atoms with Crippen LogP contribution in [0.1, 0.15) is 12.5 Å². The number of amides is 2. The molecule has 0 aliphatic heterocycles. The quantitative estimate of drug-likeness (QED) is 0.758. The number of anilines is 1. The standard InChI is InChI=1S/C9H17N5O/c1-4-13(2)9(15)12-8-7(5-10)6-11-14(8)3/h6H,4-5,10H2,1-3H3,(H,12,15). The molecule has 0 fully saturated rings. The molecule has 0 bridgehead atoms. The van der Waals surface area contributed by atoms with Gasteiger partial charge in [0.05, 0.1) is 6.20 Å². The highest BCUT2D eigenvalue weighted by Gasteiger charge is 2.12. The predicted octanol–water partition coefficient (Wildman–Crippen LogP) is 0.362. The molecular formula is C9H17N5O. The highest BCUT2D eigenvalue weighted by Crippen LogP contribution is 2.13. The third-order valence-corrected chi connectivity index (χ3v) is 2.28. The van der Waals surface area contributed by atoms with Crippen LogP contribution in [0.25, 0.3) is 0 Å². The van der Waals surface area contributed by atoms with E-state index in [2.05, 4.69) is 10.4 Å². The van der Waals surface area contributed by atoms with Crippen LogP contribution in [0.2, 0.25) is 0 Å². The Morgan fingerprint density at radius 1 is 1.73 bits per heavy atom. The summed E-state index contributed by atoms with van der Waals surface area (Å²) in [7, 11) is 3.49. The van der Waals surface area contributed by atoms with Crippen molar-refractivity contribution < 1.29 is 4.79 Å². The zero-order valence-electron chi connectivity index (χ0n) is 9.32. The van der Waals surface area contributed by atoms with Crippen LogP contribution < -0.4 is 11.1 Å². The maximum atomic E-state index is 11.6. The first-order valence-corrected chi connectivity index (χ1v) is 4.83. The highest BCUT2D eigenvalue weighted by atomic mass is 16.2. The number of carbonyl (C=O) groups excluding carboxylic acids is 1. The number of nitrogens with two attached hydrogens (primary N) is 1. The summed E-state index contributed by atoms with van der Waals surface area (Å²) in [5, 5.41) is 6.80. The minimum absolute atomic E-state index is 0.157. The number of hydrogen-bond acceptors (Lipinski definition) is 3. The first-order valence-electron chi connectivity index (χ1n) is 4.83. The summed E-state index contributed by atoms with van der Waals surface area (Å²) >= 11 is 0. The number of carbonyl (C=O) groups is 1. The molecule has 0 spiro atoms. The van der Waals surface area contributed by atoms with Gasteiger partial charge >= 0.3 is 6.03 Å². The number of aromatic nitrogens is 2. The van der Waals surface area contributed by atoms with Crippen LogP contribution in [0, 0.1) is 0 Å². The van der Waals surface area contributed by atoms with E-state index >= 15 is 0 Å². The molecule has 0 saturated heterocycles. The molecule has 15 heavy (non-hydrogen) atoms. The van der Waals surface area contributed by atoms with Gasteiger partial charge in [-0.05, 0) is 6.92 Å². The second-order valence-electron chi connectivity index (χ2n) is 3.29. The van der Waals surface area contributed by atoms with Gasteiger partial charge in [0.15, 0.2) is 0 Å². The smallest absolute Gasteiger partial charge is 0.322 e. The number of urea groups is 1. The third-order valence-electron chi connectivity index (χ3n) is 2.28. The summed E-state index contributed by atoms with van der Waals surface area (Å²) in [5.74, 6) is 0.655. The van der Waals surface area contributed by atoms with Crippen molar-refractivity contribution in [3.63, 3.8) is 0 Å². The molecule has 6 nitrogen and oxygen atoms in total. The van der Waals surface area contributed by atoms with Crippen molar-refractivity contribution >= 4 is 11.8 Å². The van der Waals surface area contributed by atoms with E-state index in [0.717, 1.165) is 5.56 Å². The van der Waals surface area contributed by atoms with Gasteiger partial charge in [-0.1, -0.05) is 0 Å². The van der Waals surface area contributed by atoms with E-state index in [0.29, 0.717) is 18.9 Å². The van der Waals surface area contributed by atoms with E-state index in [1.807, 2.05) is 6.92 Å². The van der Waals surface area contributed by atoms with Crippen molar-refractivity contribution in [1.82, 2.24) is 14.7 Å². The van der Waals surface area contributed by atoms with Gasteiger partial charge in [-0.2, -0.15) is 5.10 Å². The van der Waals surface area contributed by atoms with E-state index in [1.54, 1.807) is 29.9 Å². The van der Waals surface area contributed by atoms with Crippen molar-refractivity contribution in [3.05, 3.63) is 11.8 Å². The van der Waals surface area contributed by atoms with Gasteiger partial charge in [0.2, 0.25) is 0 Å². The van der Waals surface area contributed by atoms with Crippen molar-refractivity contribution in [1.29, 1.82) is 0 Å². The predicted molar refractivity (Wildman–Crippen MR) is 58.4 cm³/mol. The Bertz CT molecular complexity index is 346. The first-order chi connectivity index (χ1) is 7.10. The monoisotopic (exact) mass is 211 g/mol. The molecule has 1 aromatic heterocycles. The maximum Gasteiger partial charge on any atom is 0.322 e. The summed E-state index contributed by atoms with van der Waals surface area (Å²) < 4.78 is 1.60. The van der Waals surface area contributed by atoms with E-state index < -0.39 is 0 Å². The van der Waals surface area contributed by atoms with Gasteiger partial charge in [-0.25, -0.2) is 4.79 Å². The average molecular weight is 211 g/mol. The fraction of sp³-hybridized carbons (Fsp3) is 0.556. The molecule has 0 aromatic carbocycles. The van der Waals surface area contributed by atoms with Gasteiger partial charge in [0.1, 0.15) is 5.82 Å². The van der Waals surface area contributed by atoms with Crippen LogP contribution in [0.15, 0.2) is 6.20 Å². The molecule has 2 amide bonds. The van der Waals surface area contributed by atoms with E-state index in [9.17, 15) is 4.79 Å². The molecule has 0 aliphatic carbocycles. The molecule has 0 radical (unpaired) electrons. The Balaban J connectivity index is 2.79. The Labute approximate surface area is 89.0 Å². The number of nitrogens with zero attached hydrogens (tertiary/aromatic N) is 3. The van der Waals surface area contributed by atoms with Crippen LogP contribution in [0.3, 0.4) is 0 Å². The van der Waals surface area contributed by atoms with Crippen molar-refractivity contribution in [3.8, 4) is 0 Å². The topological polar surface area (TPSA) is 76.2 Å². The summed E-state index contributed by atoms with van der Waals surface area (Å²) in [6, 6.07) is -0.157. The molecule has 6 heteroatoms. The van der Waals surface area contributed by atoms with Crippen molar-refractivity contribution in [2.24, 2.45) is 12.8 Å². The lowest BCUT2D eigenvalue weighted by Crippen LogP contribution is -2.32. The maximum absolute atomic E-state index is 11.6. The van der Waals surface area contributed by atoms with Gasteiger partial charge < -0.3 is 10.6 Å². The molecule has 0 saturated carbocycles. The van der Waals surface area contributed by atoms with E-state index in [1.165, 1.54) is 0 Å². The summed E-state index contributed by atoms with van der Waals surface area (Å²) in [5.41, 5.74) is 6.36. The van der Waals surface area contributed by atoms with Crippen LogP contribution in [0.4, 0.5) is 10.6 Å². The van der Waals surface area contributed by atoms with Gasteiger partial charge in [0.25, 0.3) is 0 Å². The minimum Gasteiger partial charge on any atom is -0.328 e. The Hall–Kier alpha value is -1.56. The second kappa shape index (κ2) is 4.79. The second-order valence-corrected chi connectivity index (χ2v) is 3.29. The van der Waals surface area contributed by atoms with Crippen LogP contribution in [-0.2, 0) is 13.6 Å². The zero-order valence-corrected chi connectivity index (χ0v) is 9.32. The molecule has 1 rings (SSSR count). The molecule has 3 N–H and O–H groups in total. The number of hydrogen-bond donors (Lipinski definition) is 2. The number of nitrogens with one attached hydrogen (secondary N) is 1. The Morgan fingerprint density at radius 2 is 2.40 bits per heavy atom. The third kappa shape index (κ3) is 2.47. The average Bonchev–Trinajstić information content (AvgIpc) is 2.59. The molecule has 84 valence electrons. The summed E-state index contributed by atoms with van der Waals surface area (Å²) in [4.78, 5) is 13.2. The van der Waals surface area contributed by atoms with Crippen molar-refractivity contribution in [2.45, 2.75) is 13.5 Å². The summed E-state index contributed by atoms with van der Waals surface area (Å²) in [6.45, 7) is 2.92. The molecular weight excluding hydrogens is 194 g/mol. The Morgan fingerprint density at radius 3 is 2.93 bits per heavy atom. The van der Waals surface area contributed by atoms with E-state index in [4.69, 9.17) is 5.73 Å². The fourth-order valence-electron chi connectivity index (χ4n) is 1.13. The van der Waals surface area contributed by atoms with Gasteiger partial charge in [0, 0.05) is 32.7 Å². The minimum atomic E-state index is -0.157. The van der Waals surface area contributed by atoms with E-state index in [-0.39, 0.29) is 6.03 Å². The number of aryl methyl sites for hydroxylation is 1. The first kappa shape index (κ1) is 11.5. The molecule has 0 aliphatic rings. The fourth-order valence-corrected chi connectivity index (χ4v) is 1.13. The molecule has 1 aromatic rings. The van der Waals surface area contributed by atoms with Crippen LogP contribution in [-0.4, -0.2) is 34.3 Å². The lowest BCUT2D eigenvalue weighted by atomic mass is 10.3. The van der Waals surface area contributed by atoms with Gasteiger partial charge in [-0.15, -0.1) is 0 Å². The summed E-state index contributed by atoms with van der Waals surface area (Å²) in [6.07, 6.45) is 1.65. The Kier molecular flexibility index (Phi) is 3.68. The SMILES string of the molecule is CCN(C)C(=O)Nc1c(CN)cnn1C. The molecule has 1 heterocycles. The normalized spacial score (nSPS) is 10.1. The zero-order chi connectivity index (χ0) is 11.4. The van der Waals surface area contributed by atoms with Crippen molar-refractivity contribution in [2.75, 3.05) is 18.9 Å². The van der Waals surface area contributed by atoms with Crippen LogP contribution in [0.5, 0.6) is 0 Å².